The van der Waals surface area contributed by atoms with E-state index < -0.39 is 42.0 Å². The van der Waals surface area contributed by atoms with Gasteiger partial charge in [-0.3, -0.25) is 4.48 Å². The Morgan fingerprint density at radius 2 is 0.676 bits per heavy atom. The molecule has 0 spiro atoms. The van der Waals surface area contributed by atoms with Crippen molar-refractivity contribution in [2.75, 3.05) is 26.2 Å². The Kier molecular flexibility index (Phi) is 20.8. The van der Waals surface area contributed by atoms with Crippen LogP contribution in [-0.2, 0) is 14.4 Å². The highest BCUT2D eigenvalue weighted by molar-refractivity contribution is 5.73. The third-order valence-electron chi connectivity index (χ3n) is 6.65. The fourth-order valence-electron chi connectivity index (χ4n) is 4.79. The molecule has 0 amide bonds. The van der Waals surface area contributed by atoms with E-state index in [0.717, 1.165) is 19.3 Å². The molecule has 0 aromatic rings. The molecular formula is C27H52NO6+. The average Bonchev–Trinajstić information content (AvgIpc) is 2.73. The topological polar surface area (TPSA) is 112 Å². The van der Waals surface area contributed by atoms with Gasteiger partial charge in [0, 0.05) is 0 Å². The number of unbranched alkanes of at least 4 members (excludes halogenated alkanes) is 18. The van der Waals surface area contributed by atoms with Crippen LogP contribution in [0.2, 0.25) is 0 Å². The van der Waals surface area contributed by atoms with Gasteiger partial charge in [0.05, 0.1) is 6.54 Å². The van der Waals surface area contributed by atoms with E-state index in [1.807, 2.05) is 0 Å². The van der Waals surface area contributed by atoms with Crippen molar-refractivity contribution in [2.45, 2.75) is 129 Å². The lowest BCUT2D eigenvalue weighted by molar-refractivity contribution is -0.907. The first-order chi connectivity index (χ1) is 16.3. The Morgan fingerprint density at radius 1 is 0.441 bits per heavy atom. The maximum absolute atomic E-state index is 11.2. The number of hydrogen-bond acceptors (Lipinski definition) is 3. The van der Waals surface area contributed by atoms with Crippen LogP contribution in [0.1, 0.15) is 129 Å². The number of carbonyl (C=O) groups is 3. The largest absolute Gasteiger partial charge is 0.477 e. The summed E-state index contributed by atoms with van der Waals surface area (Å²) in [4.78, 5) is 33.5. The van der Waals surface area contributed by atoms with Crippen molar-refractivity contribution in [2.24, 2.45) is 0 Å². The van der Waals surface area contributed by atoms with E-state index in [-0.39, 0.29) is 6.54 Å². The molecule has 34 heavy (non-hydrogen) atoms. The lowest BCUT2D eigenvalue weighted by atomic mass is 10.0. The minimum absolute atomic E-state index is 0.268. The van der Waals surface area contributed by atoms with Gasteiger partial charge in [-0.2, -0.15) is 0 Å². The van der Waals surface area contributed by atoms with Crippen LogP contribution in [0.4, 0.5) is 0 Å². The third-order valence-corrected chi connectivity index (χ3v) is 6.65. The molecule has 7 heteroatoms. The summed E-state index contributed by atoms with van der Waals surface area (Å²) in [7, 11) is 0. The molecule has 0 atom stereocenters. The number of nitrogens with zero attached hydrogens (tertiary/aromatic N) is 1. The van der Waals surface area contributed by atoms with Crippen molar-refractivity contribution in [1.29, 1.82) is 0 Å². The number of carboxylic acid groups (broad SMARTS) is 3. The first-order valence-corrected chi connectivity index (χ1v) is 13.8. The van der Waals surface area contributed by atoms with Gasteiger partial charge in [0.25, 0.3) is 0 Å². The van der Waals surface area contributed by atoms with Crippen LogP contribution < -0.4 is 0 Å². The Balaban J connectivity index is 3.69. The highest BCUT2D eigenvalue weighted by atomic mass is 16.4. The van der Waals surface area contributed by atoms with E-state index in [2.05, 4.69) is 6.92 Å². The summed E-state index contributed by atoms with van der Waals surface area (Å²) < 4.78 is -0.432. The van der Waals surface area contributed by atoms with Crippen molar-refractivity contribution in [3.63, 3.8) is 0 Å². The molecule has 200 valence electrons. The summed E-state index contributed by atoms with van der Waals surface area (Å²) in [5.41, 5.74) is 0. The van der Waals surface area contributed by atoms with Crippen LogP contribution >= 0.6 is 0 Å². The Labute approximate surface area is 207 Å². The van der Waals surface area contributed by atoms with Gasteiger partial charge < -0.3 is 15.3 Å². The molecule has 0 aromatic carbocycles. The molecule has 0 aliphatic rings. The van der Waals surface area contributed by atoms with Crippen LogP contribution in [0.15, 0.2) is 0 Å². The molecule has 0 saturated heterocycles. The van der Waals surface area contributed by atoms with Crippen molar-refractivity contribution >= 4 is 17.9 Å². The minimum Gasteiger partial charge on any atom is -0.477 e. The maximum Gasteiger partial charge on any atom is 0.359 e. The van der Waals surface area contributed by atoms with Gasteiger partial charge in [0.1, 0.15) is 0 Å². The van der Waals surface area contributed by atoms with Crippen LogP contribution in [0.5, 0.6) is 0 Å². The SMILES string of the molecule is CCCCCCCCCCCCCCCCCCCCC[N+](CC(=O)O)(CC(=O)O)CC(=O)O. The molecule has 0 rings (SSSR count). The molecule has 0 bridgehead atoms. The number of carboxylic acids is 3. The third kappa shape index (κ3) is 20.9. The zero-order valence-corrected chi connectivity index (χ0v) is 21.8. The minimum atomic E-state index is -1.17. The standard InChI is InChI=1S/C27H51NO6/c1-2-3-4-5-6-7-8-9-10-11-12-13-14-15-16-17-18-19-20-21-28(22-25(29)30,23-26(31)32)24-27(33)34/h2-24H2,1H3,(H2-,29,30,31,32,33,34)/p+1. The second kappa shape index (κ2) is 21.9. The predicted molar refractivity (Wildman–Crippen MR) is 136 cm³/mol. The zero-order chi connectivity index (χ0) is 25.5. The molecular weight excluding hydrogens is 434 g/mol. The number of hydrogen-bond donors (Lipinski definition) is 3. The summed E-state index contributed by atoms with van der Waals surface area (Å²) in [6.45, 7) is 1.11. The van der Waals surface area contributed by atoms with E-state index >= 15 is 0 Å². The van der Waals surface area contributed by atoms with Crippen molar-refractivity contribution in [1.82, 2.24) is 0 Å². The molecule has 0 aromatic heterocycles. The van der Waals surface area contributed by atoms with Crippen LogP contribution in [-0.4, -0.2) is 63.9 Å². The van der Waals surface area contributed by atoms with Crippen molar-refractivity contribution in [3.05, 3.63) is 0 Å². The highest BCUT2D eigenvalue weighted by Gasteiger charge is 2.35. The van der Waals surface area contributed by atoms with E-state index in [1.54, 1.807) is 0 Å². The fraction of sp³-hybridized carbons (Fsp3) is 0.889. The van der Waals surface area contributed by atoms with Gasteiger partial charge in [-0.1, -0.05) is 116 Å². The zero-order valence-electron chi connectivity index (χ0n) is 21.8. The molecule has 0 heterocycles. The van der Waals surface area contributed by atoms with Crippen LogP contribution in [0.3, 0.4) is 0 Å². The normalized spacial score (nSPS) is 11.6. The quantitative estimate of drug-likeness (QED) is 0.0951. The molecule has 0 fully saturated rings. The lowest BCUT2D eigenvalue weighted by Crippen LogP contribution is -2.57. The van der Waals surface area contributed by atoms with E-state index in [0.29, 0.717) is 6.42 Å². The van der Waals surface area contributed by atoms with E-state index in [9.17, 15) is 14.4 Å². The second-order valence-electron chi connectivity index (χ2n) is 10.1. The van der Waals surface area contributed by atoms with Crippen molar-refractivity contribution in [3.8, 4) is 0 Å². The predicted octanol–water partition coefficient (Wildman–Crippen LogP) is 6.49. The van der Waals surface area contributed by atoms with Gasteiger partial charge >= 0.3 is 17.9 Å². The molecule has 0 saturated carbocycles. The Bertz CT molecular complexity index is 496. The summed E-state index contributed by atoms with van der Waals surface area (Å²) in [5, 5.41) is 27.4. The smallest absolute Gasteiger partial charge is 0.359 e. The number of quaternary nitrogens is 1. The lowest BCUT2D eigenvalue weighted by Gasteiger charge is -2.34. The van der Waals surface area contributed by atoms with Gasteiger partial charge in [-0.05, 0) is 12.8 Å². The second-order valence-corrected chi connectivity index (χ2v) is 10.1. The average molecular weight is 487 g/mol. The first-order valence-electron chi connectivity index (χ1n) is 13.8. The van der Waals surface area contributed by atoms with E-state index in [4.69, 9.17) is 15.3 Å². The summed E-state index contributed by atoms with van der Waals surface area (Å²) >= 11 is 0. The molecule has 0 aliphatic carbocycles. The first kappa shape index (κ1) is 32.4. The summed E-state index contributed by atoms with van der Waals surface area (Å²) in [6.07, 6.45) is 23.9. The summed E-state index contributed by atoms with van der Waals surface area (Å²) in [5.74, 6) is -3.50. The molecule has 0 aliphatic heterocycles. The van der Waals surface area contributed by atoms with Gasteiger partial charge in [-0.15, -0.1) is 0 Å². The summed E-state index contributed by atoms with van der Waals surface area (Å²) in [6, 6.07) is 0. The number of aliphatic carboxylic acids is 3. The highest BCUT2D eigenvalue weighted by Crippen LogP contribution is 2.16. The van der Waals surface area contributed by atoms with Gasteiger partial charge in [0.15, 0.2) is 19.6 Å². The molecule has 0 unspecified atom stereocenters. The molecule has 3 N–H and O–H groups in total. The fourth-order valence-corrected chi connectivity index (χ4v) is 4.79. The van der Waals surface area contributed by atoms with Crippen molar-refractivity contribution < 1.29 is 34.2 Å². The maximum atomic E-state index is 11.2. The van der Waals surface area contributed by atoms with Crippen LogP contribution in [0.25, 0.3) is 0 Å². The monoisotopic (exact) mass is 486 g/mol. The van der Waals surface area contributed by atoms with Crippen LogP contribution in [0, 0.1) is 0 Å². The number of rotatable bonds is 26. The Hall–Kier alpha value is -1.63. The molecule has 7 nitrogen and oxygen atoms in total. The Morgan fingerprint density at radius 3 is 0.912 bits per heavy atom. The molecule has 0 radical (unpaired) electrons. The van der Waals surface area contributed by atoms with E-state index in [1.165, 1.54) is 96.3 Å². The van der Waals surface area contributed by atoms with Gasteiger partial charge in [0.2, 0.25) is 0 Å². The van der Waals surface area contributed by atoms with Gasteiger partial charge in [-0.25, -0.2) is 14.4 Å².